The van der Waals surface area contributed by atoms with Gasteiger partial charge in [-0.25, -0.2) is 0 Å². The lowest BCUT2D eigenvalue weighted by Gasteiger charge is -2.06. The highest BCUT2D eigenvalue weighted by Crippen LogP contribution is 2.27. The minimum Gasteiger partial charge on any atom is -0.368 e. The Morgan fingerprint density at radius 1 is 1.35 bits per heavy atom. The molecular formula is C16H19N3O2S2. The molecule has 23 heavy (non-hydrogen) atoms. The van der Waals surface area contributed by atoms with Crippen molar-refractivity contribution in [2.75, 3.05) is 17.7 Å². The highest BCUT2D eigenvalue weighted by molar-refractivity contribution is 8.01. The Morgan fingerprint density at radius 2 is 2.22 bits per heavy atom. The average molecular weight is 349 g/mol. The second kappa shape index (κ2) is 8.42. The van der Waals surface area contributed by atoms with Gasteiger partial charge in [0.25, 0.3) is 5.91 Å². The van der Waals surface area contributed by atoms with Crippen LogP contribution in [0.5, 0.6) is 0 Å². The molecule has 1 aromatic heterocycles. The molecule has 1 aromatic carbocycles. The van der Waals surface area contributed by atoms with Crippen molar-refractivity contribution in [3.05, 3.63) is 35.9 Å². The molecule has 1 aliphatic heterocycles. The van der Waals surface area contributed by atoms with Gasteiger partial charge >= 0.3 is 0 Å². The van der Waals surface area contributed by atoms with Gasteiger partial charge in [0, 0.05) is 12.4 Å². The quantitative estimate of drug-likeness (QED) is 0.472. The monoisotopic (exact) mass is 349 g/mol. The summed E-state index contributed by atoms with van der Waals surface area (Å²) in [6.07, 6.45) is 3.55. The number of anilines is 1. The largest absolute Gasteiger partial charge is 0.368 e. The Balaban J connectivity index is 1.39. The lowest BCUT2D eigenvalue weighted by Crippen LogP contribution is -2.26. The first-order valence-corrected chi connectivity index (χ1v) is 9.54. The smallest absolute Gasteiger partial charge is 0.255 e. The van der Waals surface area contributed by atoms with Gasteiger partial charge < -0.3 is 4.74 Å². The number of carbonyl (C=O) groups excluding carboxylic acids is 1. The molecule has 1 unspecified atom stereocenters. The van der Waals surface area contributed by atoms with Crippen molar-refractivity contribution >= 4 is 34.1 Å². The van der Waals surface area contributed by atoms with Crippen LogP contribution in [0, 0.1) is 0 Å². The van der Waals surface area contributed by atoms with E-state index in [-0.39, 0.29) is 12.0 Å². The molecule has 1 saturated heterocycles. The van der Waals surface area contributed by atoms with Crippen LogP contribution in [0.1, 0.15) is 24.8 Å². The topological polar surface area (TPSA) is 64.1 Å². The number of thioether (sulfide) groups is 1. The Hall–Kier alpha value is -1.44. The van der Waals surface area contributed by atoms with Crippen molar-refractivity contribution in [3.63, 3.8) is 0 Å². The normalized spacial score (nSPS) is 17.3. The molecule has 0 saturated carbocycles. The van der Waals surface area contributed by atoms with Gasteiger partial charge in [0.2, 0.25) is 5.13 Å². The van der Waals surface area contributed by atoms with Crippen LogP contribution in [0.4, 0.5) is 5.13 Å². The summed E-state index contributed by atoms with van der Waals surface area (Å²) in [6, 6.07) is 10.5. The minimum atomic E-state index is -0.333. The highest BCUT2D eigenvalue weighted by atomic mass is 32.2. The summed E-state index contributed by atoms with van der Waals surface area (Å²) in [7, 11) is 0. The van der Waals surface area contributed by atoms with E-state index in [4.69, 9.17) is 4.74 Å². The van der Waals surface area contributed by atoms with E-state index in [0.29, 0.717) is 11.7 Å². The summed E-state index contributed by atoms with van der Waals surface area (Å²) in [6.45, 7) is 0.663. The molecule has 1 atom stereocenters. The summed E-state index contributed by atoms with van der Waals surface area (Å²) >= 11 is 3.10. The second-order valence-corrected chi connectivity index (χ2v) is 7.62. The van der Waals surface area contributed by atoms with Crippen molar-refractivity contribution in [2.45, 2.75) is 36.1 Å². The van der Waals surface area contributed by atoms with Crippen molar-refractivity contribution in [3.8, 4) is 0 Å². The van der Waals surface area contributed by atoms with E-state index < -0.39 is 0 Å². The molecule has 0 aliphatic carbocycles. The minimum absolute atomic E-state index is 0.112. The van der Waals surface area contributed by atoms with Crippen LogP contribution in [-0.2, 0) is 16.0 Å². The van der Waals surface area contributed by atoms with E-state index in [1.165, 1.54) is 16.9 Å². The summed E-state index contributed by atoms with van der Waals surface area (Å²) in [4.78, 5) is 11.9. The summed E-state index contributed by atoms with van der Waals surface area (Å²) in [5, 5.41) is 11.5. The predicted molar refractivity (Wildman–Crippen MR) is 93.0 cm³/mol. The molecule has 5 nitrogen and oxygen atoms in total. The van der Waals surface area contributed by atoms with Crippen LogP contribution >= 0.6 is 23.1 Å². The highest BCUT2D eigenvalue weighted by Gasteiger charge is 2.24. The number of benzene rings is 1. The first-order valence-electron chi connectivity index (χ1n) is 7.74. The Bertz CT molecular complexity index is 627. The van der Waals surface area contributed by atoms with Gasteiger partial charge in [-0.15, -0.1) is 10.2 Å². The van der Waals surface area contributed by atoms with Crippen molar-refractivity contribution in [2.24, 2.45) is 0 Å². The fraction of sp³-hybridized carbons (Fsp3) is 0.438. The number of carbonyl (C=O) groups is 1. The number of amides is 1. The maximum Gasteiger partial charge on any atom is 0.255 e. The molecule has 7 heteroatoms. The maximum atomic E-state index is 11.9. The Kier molecular flexibility index (Phi) is 6.01. The van der Waals surface area contributed by atoms with Gasteiger partial charge in [0.15, 0.2) is 4.34 Å². The zero-order valence-electron chi connectivity index (χ0n) is 12.7. The molecule has 1 N–H and O–H groups in total. The number of nitrogens with zero attached hydrogens (tertiary/aromatic N) is 2. The van der Waals surface area contributed by atoms with E-state index in [2.05, 4.69) is 39.8 Å². The van der Waals surface area contributed by atoms with Crippen LogP contribution in [0.2, 0.25) is 0 Å². The second-order valence-electron chi connectivity index (χ2n) is 5.30. The lowest BCUT2D eigenvalue weighted by atomic mass is 10.1. The van der Waals surface area contributed by atoms with Gasteiger partial charge in [-0.2, -0.15) is 0 Å². The number of ether oxygens (including phenoxy) is 1. The van der Waals surface area contributed by atoms with Crippen molar-refractivity contribution < 1.29 is 9.53 Å². The molecule has 1 fully saturated rings. The lowest BCUT2D eigenvalue weighted by molar-refractivity contribution is -0.124. The first kappa shape index (κ1) is 16.4. The van der Waals surface area contributed by atoms with Gasteiger partial charge in [-0.05, 0) is 31.2 Å². The van der Waals surface area contributed by atoms with Gasteiger partial charge in [-0.3, -0.25) is 10.1 Å². The SMILES string of the molecule is O=C(Nc1nnc(SCCCc2ccccc2)s1)C1CCCO1. The van der Waals surface area contributed by atoms with E-state index >= 15 is 0 Å². The van der Waals surface area contributed by atoms with Crippen LogP contribution < -0.4 is 5.32 Å². The number of rotatable bonds is 7. The molecule has 0 spiro atoms. The average Bonchev–Trinajstić information content (AvgIpc) is 3.24. The third-order valence-electron chi connectivity index (χ3n) is 3.54. The number of hydrogen-bond acceptors (Lipinski definition) is 6. The first-order chi connectivity index (χ1) is 11.3. The zero-order chi connectivity index (χ0) is 15.9. The number of aromatic nitrogens is 2. The third-order valence-corrected chi connectivity index (χ3v) is 5.60. The Morgan fingerprint density at radius 3 is 3.00 bits per heavy atom. The molecule has 122 valence electrons. The van der Waals surface area contributed by atoms with Crippen LogP contribution in [0.15, 0.2) is 34.7 Å². The number of aryl methyl sites for hydroxylation is 1. The fourth-order valence-corrected chi connectivity index (χ4v) is 4.13. The molecule has 0 radical (unpaired) electrons. The Labute approximate surface area is 143 Å². The van der Waals surface area contributed by atoms with Crippen LogP contribution in [0.25, 0.3) is 0 Å². The zero-order valence-corrected chi connectivity index (χ0v) is 14.4. The number of hydrogen-bond donors (Lipinski definition) is 1. The summed E-state index contributed by atoms with van der Waals surface area (Å²) < 4.78 is 6.24. The third kappa shape index (κ3) is 5.02. The molecular weight excluding hydrogens is 330 g/mol. The predicted octanol–water partition coefficient (Wildman–Crippen LogP) is 3.38. The molecule has 2 aromatic rings. The van der Waals surface area contributed by atoms with Gasteiger partial charge in [-0.1, -0.05) is 53.4 Å². The maximum absolute atomic E-state index is 11.9. The molecule has 0 bridgehead atoms. The van der Waals surface area contributed by atoms with Crippen LogP contribution in [0.3, 0.4) is 0 Å². The summed E-state index contributed by atoms with van der Waals surface area (Å²) in [5.74, 6) is 0.878. The van der Waals surface area contributed by atoms with Gasteiger partial charge in [0.1, 0.15) is 6.10 Å². The molecule has 2 heterocycles. The molecule has 3 rings (SSSR count). The van der Waals surface area contributed by atoms with E-state index in [1.807, 2.05) is 6.07 Å². The molecule has 1 amide bonds. The van der Waals surface area contributed by atoms with E-state index in [0.717, 1.165) is 35.8 Å². The van der Waals surface area contributed by atoms with Crippen molar-refractivity contribution in [1.29, 1.82) is 0 Å². The van der Waals surface area contributed by atoms with E-state index in [1.54, 1.807) is 11.8 Å². The van der Waals surface area contributed by atoms with E-state index in [9.17, 15) is 4.79 Å². The standard InChI is InChI=1S/C16H19N3O2S2/c20-14(13-9-4-10-21-13)17-15-18-19-16(23-15)22-11-5-8-12-6-2-1-3-7-12/h1-3,6-7,13H,4-5,8-11H2,(H,17,18,20). The number of nitrogens with one attached hydrogen (secondary N) is 1. The molecule has 1 aliphatic rings. The van der Waals surface area contributed by atoms with Crippen LogP contribution in [-0.4, -0.2) is 34.6 Å². The fourth-order valence-electron chi connectivity index (χ4n) is 2.37. The van der Waals surface area contributed by atoms with Crippen molar-refractivity contribution in [1.82, 2.24) is 10.2 Å². The van der Waals surface area contributed by atoms with Gasteiger partial charge in [0.05, 0.1) is 0 Å². The summed E-state index contributed by atoms with van der Waals surface area (Å²) in [5.41, 5.74) is 1.36.